The van der Waals surface area contributed by atoms with E-state index >= 15 is 0 Å². The molecule has 106 valence electrons. The Labute approximate surface area is 124 Å². The first-order chi connectivity index (χ1) is 9.79. The topological polar surface area (TPSA) is 36.4 Å². The first-order valence-corrected chi connectivity index (χ1v) is 7.13. The Balaban J connectivity index is 1.95. The van der Waals surface area contributed by atoms with Crippen LogP contribution in [0, 0.1) is 0 Å². The molecular weight excluding hydrogens is 272 g/mol. The fourth-order valence-corrected chi connectivity index (χ4v) is 2.30. The van der Waals surface area contributed by atoms with Crippen LogP contribution >= 0.6 is 11.6 Å². The number of hydrogen-bond donors (Lipinski definition) is 1. The predicted octanol–water partition coefficient (Wildman–Crippen LogP) is 2.77. The third-order valence-corrected chi connectivity index (χ3v) is 3.57. The summed E-state index contributed by atoms with van der Waals surface area (Å²) in [6.45, 7) is 2.42. The van der Waals surface area contributed by atoms with Crippen molar-refractivity contribution in [2.45, 2.75) is 13.0 Å². The van der Waals surface area contributed by atoms with E-state index in [1.54, 1.807) is 12.4 Å². The zero-order valence-corrected chi connectivity index (χ0v) is 12.1. The van der Waals surface area contributed by atoms with Crippen LogP contribution in [0.2, 0.25) is 5.02 Å². The van der Waals surface area contributed by atoms with Gasteiger partial charge in [-0.1, -0.05) is 41.9 Å². The molecule has 20 heavy (non-hydrogen) atoms. The molecular formula is C16H19ClN2O. The summed E-state index contributed by atoms with van der Waals surface area (Å²) in [5.41, 5.74) is 2.35. The lowest BCUT2D eigenvalue weighted by Crippen LogP contribution is -2.28. The van der Waals surface area contributed by atoms with Crippen molar-refractivity contribution in [2.75, 3.05) is 19.7 Å². The Morgan fingerprint density at radius 1 is 1.10 bits per heavy atom. The molecule has 0 unspecified atom stereocenters. The quantitative estimate of drug-likeness (QED) is 0.852. The molecule has 0 fully saturated rings. The van der Waals surface area contributed by atoms with Gasteiger partial charge < -0.3 is 5.11 Å². The van der Waals surface area contributed by atoms with Gasteiger partial charge in [-0.25, -0.2) is 0 Å². The van der Waals surface area contributed by atoms with Gasteiger partial charge in [-0.2, -0.15) is 0 Å². The number of benzene rings is 1. The molecule has 0 amide bonds. The highest BCUT2D eigenvalue weighted by Crippen LogP contribution is 2.16. The monoisotopic (exact) mass is 290 g/mol. The van der Waals surface area contributed by atoms with Crippen LogP contribution in [-0.2, 0) is 13.0 Å². The SMILES string of the molecule is OCCN(CCc1ccccc1)Cc1ccncc1Cl. The summed E-state index contributed by atoms with van der Waals surface area (Å²) in [4.78, 5) is 6.19. The fourth-order valence-electron chi connectivity index (χ4n) is 2.12. The van der Waals surface area contributed by atoms with Gasteiger partial charge in [-0.3, -0.25) is 9.88 Å². The molecule has 1 N–H and O–H groups in total. The average Bonchev–Trinajstić information content (AvgIpc) is 2.48. The normalized spacial score (nSPS) is 10.9. The van der Waals surface area contributed by atoms with E-state index in [4.69, 9.17) is 11.6 Å². The van der Waals surface area contributed by atoms with Crippen molar-refractivity contribution >= 4 is 11.6 Å². The second-order valence-electron chi connectivity index (χ2n) is 4.70. The molecule has 0 aliphatic carbocycles. The van der Waals surface area contributed by atoms with Crippen molar-refractivity contribution in [3.63, 3.8) is 0 Å². The summed E-state index contributed by atoms with van der Waals surface area (Å²) < 4.78 is 0. The molecule has 4 heteroatoms. The molecule has 2 aromatic rings. The van der Waals surface area contributed by atoms with Gasteiger partial charge in [0.1, 0.15) is 0 Å². The molecule has 0 spiro atoms. The zero-order valence-electron chi connectivity index (χ0n) is 11.4. The summed E-state index contributed by atoms with van der Waals surface area (Å²) in [6.07, 6.45) is 4.37. The van der Waals surface area contributed by atoms with Crippen molar-refractivity contribution in [1.82, 2.24) is 9.88 Å². The molecule has 0 saturated carbocycles. The van der Waals surface area contributed by atoms with Gasteiger partial charge in [0, 0.05) is 32.0 Å². The number of hydrogen-bond acceptors (Lipinski definition) is 3. The standard InChI is InChI=1S/C16H19ClN2O/c17-16-12-18-8-6-15(16)13-19(10-11-20)9-7-14-4-2-1-3-5-14/h1-6,8,12,20H,7,9-11,13H2. The van der Waals surface area contributed by atoms with E-state index in [-0.39, 0.29) is 6.61 Å². The Kier molecular flexibility index (Phi) is 5.99. The smallest absolute Gasteiger partial charge is 0.0634 e. The number of aliphatic hydroxyl groups excluding tert-OH is 1. The maximum absolute atomic E-state index is 9.19. The van der Waals surface area contributed by atoms with E-state index in [1.807, 2.05) is 24.3 Å². The molecule has 0 bridgehead atoms. The van der Waals surface area contributed by atoms with Gasteiger partial charge in [0.2, 0.25) is 0 Å². The van der Waals surface area contributed by atoms with Gasteiger partial charge in [0.25, 0.3) is 0 Å². The van der Waals surface area contributed by atoms with E-state index in [2.05, 4.69) is 22.0 Å². The van der Waals surface area contributed by atoms with Crippen molar-refractivity contribution in [1.29, 1.82) is 0 Å². The van der Waals surface area contributed by atoms with Crippen LogP contribution in [0.1, 0.15) is 11.1 Å². The van der Waals surface area contributed by atoms with Crippen molar-refractivity contribution in [2.24, 2.45) is 0 Å². The zero-order chi connectivity index (χ0) is 14.2. The Morgan fingerprint density at radius 3 is 2.60 bits per heavy atom. The maximum Gasteiger partial charge on any atom is 0.0634 e. The van der Waals surface area contributed by atoms with Crippen molar-refractivity contribution < 1.29 is 5.11 Å². The summed E-state index contributed by atoms with van der Waals surface area (Å²) in [5.74, 6) is 0. The molecule has 3 nitrogen and oxygen atoms in total. The van der Waals surface area contributed by atoms with Gasteiger partial charge in [-0.15, -0.1) is 0 Å². The first kappa shape index (κ1) is 15.0. The molecule has 1 aromatic heterocycles. The van der Waals surface area contributed by atoms with E-state index in [1.165, 1.54) is 5.56 Å². The molecule has 0 aliphatic rings. The minimum absolute atomic E-state index is 0.150. The molecule has 0 radical (unpaired) electrons. The third kappa shape index (κ3) is 4.60. The van der Waals surface area contributed by atoms with Gasteiger partial charge in [0.05, 0.1) is 11.6 Å². The second kappa shape index (κ2) is 8.00. The van der Waals surface area contributed by atoms with Crippen LogP contribution < -0.4 is 0 Å². The highest BCUT2D eigenvalue weighted by Gasteiger charge is 2.08. The van der Waals surface area contributed by atoms with Crippen molar-refractivity contribution in [3.05, 3.63) is 64.9 Å². The Bertz CT molecular complexity index is 519. The minimum Gasteiger partial charge on any atom is -0.395 e. The van der Waals surface area contributed by atoms with Crippen LogP contribution in [0.15, 0.2) is 48.8 Å². The van der Waals surface area contributed by atoms with Crippen LogP contribution in [-0.4, -0.2) is 34.7 Å². The second-order valence-corrected chi connectivity index (χ2v) is 5.11. The summed E-state index contributed by atoms with van der Waals surface area (Å²) in [7, 11) is 0. The van der Waals surface area contributed by atoms with Crippen LogP contribution in [0.25, 0.3) is 0 Å². The van der Waals surface area contributed by atoms with Gasteiger partial charge in [-0.05, 0) is 23.6 Å². The van der Waals surface area contributed by atoms with E-state index in [0.717, 1.165) is 25.1 Å². The fraction of sp³-hybridized carbons (Fsp3) is 0.312. The number of aromatic nitrogens is 1. The van der Waals surface area contributed by atoms with Crippen LogP contribution in [0.4, 0.5) is 0 Å². The van der Waals surface area contributed by atoms with Gasteiger partial charge in [0.15, 0.2) is 0 Å². The average molecular weight is 291 g/mol. The predicted molar refractivity (Wildman–Crippen MR) is 81.8 cm³/mol. The maximum atomic E-state index is 9.19. The lowest BCUT2D eigenvalue weighted by molar-refractivity contribution is 0.191. The highest BCUT2D eigenvalue weighted by molar-refractivity contribution is 6.31. The minimum atomic E-state index is 0.150. The molecule has 2 rings (SSSR count). The summed E-state index contributed by atoms with van der Waals surface area (Å²) >= 11 is 6.13. The highest BCUT2D eigenvalue weighted by atomic mass is 35.5. The molecule has 0 atom stereocenters. The summed E-state index contributed by atoms with van der Waals surface area (Å²) in [5, 5.41) is 9.87. The lowest BCUT2D eigenvalue weighted by atomic mass is 10.1. The first-order valence-electron chi connectivity index (χ1n) is 6.75. The van der Waals surface area contributed by atoms with Crippen LogP contribution in [0.5, 0.6) is 0 Å². The third-order valence-electron chi connectivity index (χ3n) is 3.23. The van der Waals surface area contributed by atoms with Gasteiger partial charge >= 0.3 is 0 Å². The number of rotatable bonds is 7. The van der Waals surface area contributed by atoms with E-state index in [9.17, 15) is 5.11 Å². The van der Waals surface area contributed by atoms with Crippen molar-refractivity contribution in [3.8, 4) is 0 Å². The van der Waals surface area contributed by atoms with E-state index in [0.29, 0.717) is 11.6 Å². The van der Waals surface area contributed by atoms with E-state index < -0.39 is 0 Å². The number of aliphatic hydroxyl groups is 1. The molecule has 0 aliphatic heterocycles. The Morgan fingerprint density at radius 2 is 1.90 bits per heavy atom. The number of nitrogens with zero attached hydrogens (tertiary/aromatic N) is 2. The van der Waals surface area contributed by atoms with Crippen LogP contribution in [0.3, 0.4) is 0 Å². The lowest BCUT2D eigenvalue weighted by Gasteiger charge is -2.21. The molecule has 0 saturated heterocycles. The largest absolute Gasteiger partial charge is 0.395 e. The molecule has 1 heterocycles. The number of halogens is 1. The summed E-state index contributed by atoms with van der Waals surface area (Å²) in [6, 6.07) is 12.3. The molecule has 1 aromatic carbocycles. The Hall–Kier alpha value is -1.42. The number of pyridine rings is 1.